The van der Waals surface area contributed by atoms with Gasteiger partial charge in [0.2, 0.25) is 0 Å². The molecule has 2 aliphatic heterocycles. The van der Waals surface area contributed by atoms with Crippen LogP contribution in [-0.4, -0.2) is 34.7 Å². The van der Waals surface area contributed by atoms with Crippen LogP contribution in [0.15, 0.2) is 29.3 Å². The lowest BCUT2D eigenvalue weighted by molar-refractivity contribution is -0.0579. The lowest BCUT2D eigenvalue weighted by Gasteiger charge is -2.45. The monoisotopic (exact) mass is 216 g/mol. The van der Waals surface area contributed by atoms with E-state index in [1.807, 2.05) is 24.0 Å². The second-order valence-electron chi connectivity index (χ2n) is 4.76. The lowest BCUT2D eigenvalue weighted by atomic mass is 9.90. The number of benzene rings is 1. The maximum Gasteiger partial charge on any atom is 0.140 e. The summed E-state index contributed by atoms with van der Waals surface area (Å²) < 4.78 is 0. The lowest BCUT2D eigenvalue weighted by Crippen LogP contribution is -2.56. The average molecular weight is 216 g/mol. The molecule has 2 aliphatic rings. The van der Waals surface area contributed by atoms with Crippen molar-refractivity contribution in [1.82, 2.24) is 4.90 Å². The molecule has 1 atom stereocenters. The van der Waals surface area contributed by atoms with Crippen molar-refractivity contribution in [1.29, 1.82) is 0 Å². The van der Waals surface area contributed by atoms with Crippen molar-refractivity contribution in [2.75, 3.05) is 13.1 Å². The van der Waals surface area contributed by atoms with Crippen molar-refractivity contribution >= 4 is 5.84 Å². The molecule has 3 rings (SSSR count). The second kappa shape index (κ2) is 3.32. The maximum atomic E-state index is 10.5. The Hall–Kier alpha value is -1.35. The van der Waals surface area contributed by atoms with Crippen molar-refractivity contribution in [3.63, 3.8) is 0 Å². The molecule has 1 unspecified atom stereocenters. The summed E-state index contributed by atoms with van der Waals surface area (Å²) in [4.78, 5) is 6.61. The van der Waals surface area contributed by atoms with Crippen LogP contribution < -0.4 is 0 Å². The molecule has 84 valence electrons. The molecule has 1 aromatic carbocycles. The summed E-state index contributed by atoms with van der Waals surface area (Å²) in [6.07, 6.45) is 1.71. The van der Waals surface area contributed by atoms with E-state index in [9.17, 15) is 5.11 Å². The molecule has 1 aromatic rings. The highest BCUT2D eigenvalue weighted by atomic mass is 16.3. The number of nitrogens with zero attached hydrogens (tertiary/aromatic N) is 2. The van der Waals surface area contributed by atoms with Crippen molar-refractivity contribution in [3.05, 3.63) is 35.4 Å². The van der Waals surface area contributed by atoms with Crippen LogP contribution in [0.4, 0.5) is 0 Å². The Morgan fingerprint density at radius 3 is 3.06 bits per heavy atom. The minimum absolute atomic E-state index is 0.683. The van der Waals surface area contributed by atoms with Gasteiger partial charge in [-0.05, 0) is 18.9 Å². The van der Waals surface area contributed by atoms with Crippen LogP contribution in [-0.2, 0) is 6.42 Å². The summed E-state index contributed by atoms with van der Waals surface area (Å²) in [5.74, 6) is 0.970. The highest BCUT2D eigenvalue weighted by Gasteiger charge is 2.38. The first-order chi connectivity index (χ1) is 7.68. The second-order valence-corrected chi connectivity index (χ2v) is 4.76. The fraction of sp³-hybridized carbons (Fsp3) is 0.462. The normalized spacial score (nSPS) is 28.1. The molecule has 0 aromatic heterocycles. The van der Waals surface area contributed by atoms with Crippen LogP contribution in [0, 0.1) is 0 Å². The Balaban J connectivity index is 2.17. The van der Waals surface area contributed by atoms with E-state index in [2.05, 4.69) is 17.1 Å². The number of aliphatic hydroxyl groups is 1. The minimum Gasteiger partial charge on any atom is -0.371 e. The van der Waals surface area contributed by atoms with Gasteiger partial charge in [0.05, 0.1) is 0 Å². The van der Waals surface area contributed by atoms with E-state index in [1.165, 1.54) is 11.1 Å². The molecule has 0 amide bonds. The SMILES string of the molecule is CC1(O)Cc2ccccc2C2=NCCCN21. The van der Waals surface area contributed by atoms with Gasteiger partial charge in [0.15, 0.2) is 0 Å². The van der Waals surface area contributed by atoms with E-state index in [1.54, 1.807) is 0 Å². The Bertz CT molecular complexity index is 451. The van der Waals surface area contributed by atoms with Crippen LogP contribution >= 0.6 is 0 Å². The van der Waals surface area contributed by atoms with E-state index in [0.717, 1.165) is 25.3 Å². The van der Waals surface area contributed by atoms with Crippen LogP contribution in [0.1, 0.15) is 24.5 Å². The highest BCUT2D eigenvalue weighted by molar-refractivity contribution is 6.01. The minimum atomic E-state index is -0.784. The van der Waals surface area contributed by atoms with Crippen LogP contribution in [0.2, 0.25) is 0 Å². The Morgan fingerprint density at radius 1 is 1.38 bits per heavy atom. The quantitative estimate of drug-likeness (QED) is 0.711. The van der Waals surface area contributed by atoms with Gasteiger partial charge in [-0.1, -0.05) is 24.3 Å². The van der Waals surface area contributed by atoms with E-state index in [4.69, 9.17) is 0 Å². The molecular formula is C13H16N2O. The number of fused-ring (bicyclic) bond motifs is 3. The van der Waals surface area contributed by atoms with E-state index >= 15 is 0 Å². The summed E-state index contributed by atoms with van der Waals surface area (Å²) >= 11 is 0. The van der Waals surface area contributed by atoms with Crippen molar-refractivity contribution in [2.45, 2.75) is 25.5 Å². The van der Waals surface area contributed by atoms with Crippen LogP contribution in [0.5, 0.6) is 0 Å². The van der Waals surface area contributed by atoms with Crippen molar-refractivity contribution in [3.8, 4) is 0 Å². The Kier molecular flexibility index (Phi) is 2.04. The molecule has 3 heteroatoms. The predicted octanol–water partition coefficient (Wildman–Crippen LogP) is 1.40. The summed E-state index contributed by atoms with van der Waals surface area (Å²) in [7, 11) is 0. The molecule has 0 radical (unpaired) electrons. The van der Waals surface area contributed by atoms with Gasteiger partial charge in [-0.25, -0.2) is 0 Å². The van der Waals surface area contributed by atoms with Gasteiger partial charge in [-0.3, -0.25) is 4.99 Å². The molecule has 2 heterocycles. The number of rotatable bonds is 0. The largest absolute Gasteiger partial charge is 0.371 e. The Labute approximate surface area is 95.4 Å². The van der Waals surface area contributed by atoms with Crippen LogP contribution in [0.25, 0.3) is 0 Å². The average Bonchev–Trinajstić information content (AvgIpc) is 2.29. The fourth-order valence-electron chi connectivity index (χ4n) is 2.65. The summed E-state index contributed by atoms with van der Waals surface area (Å²) in [5, 5.41) is 10.5. The molecule has 16 heavy (non-hydrogen) atoms. The van der Waals surface area contributed by atoms with Gasteiger partial charge in [-0.2, -0.15) is 0 Å². The molecule has 1 N–H and O–H groups in total. The van der Waals surface area contributed by atoms with Gasteiger partial charge < -0.3 is 10.0 Å². The summed E-state index contributed by atoms with van der Waals surface area (Å²) in [6.45, 7) is 3.65. The smallest absolute Gasteiger partial charge is 0.140 e. The van der Waals surface area contributed by atoms with Gasteiger partial charge in [0.25, 0.3) is 0 Å². The van der Waals surface area contributed by atoms with Crippen LogP contribution in [0.3, 0.4) is 0 Å². The number of amidine groups is 1. The third-order valence-corrected chi connectivity index (χ3v) is 3.42. The Morgan fingerprint density at radius 2 is 2.19 bits per heavy atom. The maximum absolute atomic E-state index is 10.5. The molecule has 0 bridgehead atoms. The first-order valence-electron chi connectivity index (χ1n) is 5.81. The van der Waals surface area contributed by atoms with Crippen molar-refractivity contribution < 1.29 is 5.11 Å². The van der Waals surface area contributed by atoms with Crippen molar-refractivity contribution in [2.24, 2.45) is 4.99 Å². The summed E-state index contributed by atoms with van der Waals surface area (Å²) in [6, 6.07) is 8.24. The molecule has 3 nitrogen and oxygen atoms in total. The van der Waals surface area contributed by atoms with E-state index < -0.39 is 5.72 Å². The molecular weight excluding hydrogens is 200 g/mol. The number of aliphatic imine (C=N–C) groups is 1. The first-order valence-corrected chi connectivity index (χ1v) is 5.81. The van der Waals surface area contributed by atoms with Gasteiger partial charge in [-0.15, -0.1) is 0 Å². The van der Waals surface area contributed by atoms with Gasteiger partial charge in [0.1, 0.15) is 11.6 Å². The molecule has 0 aliphatic carbocycles. The summed E-state index contributed by atoms with van der Waals surface area (Å²) in [5.41, 5.74) is 1.60. The molecule has 0 saturated heterocycles. The zero-order valence-electron chi connectivity index (χ0n) is 9.48. The topological polar surface area (TPSA) is 35.8 Å². The van der Waals surface area contributed by atoms with E-state index in [-0.39, 0.29) is 0 Å². The first kappa shape index (κ1) is 9.85. The predicted molar refractivity (Wildman–Crippen MR) is 63.5 cm³/mol. The zero-order chi connectivity index (χ0) is 11.2. The fourth-order valence-corrected chi connectivity index (χ4v) is 2.65. The molecule has 0 spiro atoms. The standard InChI is InChI=1S/C13H16N2O/c1-13(16)9-10-5-2-3-6-11(10)12-14-7-4-8-15(12)13/h2-3,5-6,16H,4,7-9H2,1H3. The third-order valence-electron chi connectivity index (χ3n) is 3.42. The number of hydrogen-bond donors (Lipinski definition) is 1. The third kappa shape index (κ3) is 1.35. The van der Waals surface area contributed by atoms with Gasteiger partial charge >= 0.3 is 0 Å². The van der Waals surface area contributed by atoms with Gasteiger partial charge in [0, 0.05) is 25.1 Å². The highest BCUT2D eigenvalue weighted by Crippen LogP contribution is 2.31. The van der Waals surface area contributed by atoms with E-state index in [0.29, 0.717) is 6.42 Å². The zero-order valence-corrected chi connectivity index (χ0v) is 9.48. The number of hydrogen-bond acceptors (Lipinski definition) is 3. The molecule has 0 saturated carbocycles. The molecule has 0 fully saturated rings.